The molecular weight excluding hydrogens is 270 g/mol. The van der Waals surface area contributed by atoms with Crippen molar-refractivity contribution in [2.24, 2.45) is 0 Å². The number of hydrogen-bond acceptors (Lipinski definition) is 5. The summed E-state index contributed by atoms with van der Waals surface area (Å²) in [4.78, 5) is 4.51. The average molecular weight is 291 g/mol. The molecule has 20 heavy (non-hydrogen) atoms. The van der Waals surface area contributed by atoms with Crippen molar-refractivity contribution < 1.29 is 4.74 Å². The molecule has 1 atom stereocenters. The lowest BCUT2D eigenvalue weighted by molar-refractivity contribution is 0.0134. The predicted octanol–water partition coefficient (Wildman–Crippen LogP) is 3.56. The second kappa shape index (κ2) is 5.97. The van der Waals surface area contributed by atoms with E-state index in [0.717, 1.165) is 46.2 Å². The third kappa shape index (κ3) is 3.04. The van der Waals surface area contributed by atoms with Gasteiger partial charge in [-0.3, -0.25) is 0 Å². The highest BCUT2D eigenvalue weighted by molar-refractivity contribution is 7.18. The van der Waals surface area contributed by atoms with Gasteiger partial charge in [0.1, 0.15) is 0 Å². The number of nitrogens with zero attached hydrogens (tertiary/aromatic N) is 1. The number of nitrogens with one attached hydrogen (secondary N) is 1. The van der Waals surface area contributed by atoms with E-state index < -0.39 is 0 Å². The minimum Gasteiger partial charge on any atom is -0.397 e. The summed E-state index contributed by atoms with van der Waals surface area (Å²) < 4.78 is 6.89. The molecule has 0 aliphatic carbocycles. The van der Waals surface area contributed by atoms with Crippen molar-refractivity contribution in [3.8, 4) is 0 Å². The van der Waals surface area contributed by atoms with Crippen LogP contribution >= 0.6 is 11.3 Å². The Balaban J connectivity index is 1.62. The normalized spacial score (nSPS) is 19.4. The fourth-order valence-corrected chi connectivity index (χ4v) is 3.52. The third-order valence-electron chi connectivity index (χ3n) is 3.72. The standard InChI is InChI=1S/C15H21N3OS/c1-10-18-14-9-13(12(16)8-15(14)20-10)17-6-5-11-4-2-3-7-19-11/h8-9,11,17H,2-7,16H2,1H3. The average Bonchev–Trinajstić information content (AvgIpc) is 2.79. The predicted molar refractivity (Wildman–Crippen MR) is 85.5 cm³/mol. The summed E-state index contributed by atoms with van der Waals surface area (Å²) in [5, 5.41) is 4.50. The van der Waals surface area contributed by atoms with Crippen LogP contribution in [-0.4, -0.2) is 24.2 Å². The highest BCUT2D eigenvalue weighted by Crippen LogP contribution is 2.29. The number of aryl methyl sites for hydroxylation is 1. The molecular formula is C15H21N3OS. The highest BCUT2D eigenvalue weighted by atomic mass is 32.1. The van der Waals surface area contributed by atoms with Gasteiger partial charge in [-0.25, -0.2) is 4.98 Å². The zero-order chi connectivity index (χ0) is 13.9. The number of ether oxygens (including phenoxy) is 1. The molecule has 1 aromatic heterocycles. The van der Waals surface area contributed by atoms with Gasteiger partial charge in [-0.05, 0) is 44.7 Å². The number of hydrogen-bond donors (Lipinski definition) is 2. The Morgan fingerprint density at radius 3 is 3.15 bits per heavy atom. The van der Waals surface area contributed by atoms with Crippen molar-refractivity contribution in [2.45, 2.75) is 38.7 Å². The van der Waals surface area contributed by atoms with E-state index in [9.17, 15) is 0 Å². The van der Waals surface area contributed by atoms with Crippen LogP contribution in [0.5, 0.6) is 0 Å². The number of aromatic nitrogens is 1. The number of anilines is 2. The van der Waals surface area contributed by atoms with E-state index in [-0.39, 0.29) is 0 Å². The molecule has 1 aliphatic heterocycles. The fraction of sp³-hybridized carbons (Fsp3) is 0.533. The van der Waals surface area contributed by atoms with Gasteiger partial charge in [0.2, 0.25) is 0 Å². The van der Waals surface area contributed by atoms with Gasteiger partial charge in [0.25, 0.3) is 0 Å². The molecule has 2 heterocycles. The monoisotopic (exact) mass is 291 g/mol. The molecule has 1 aliphatic rings. The Labute approximate surface area is 123 Å². The van der Waals surface area contributed by atoms with E-state index >= 15 is 0 Å². The van der Waals surface area contributed by atoms with Gasteiger partial charge in [-0.1, -0.05) is 0 Å². The number of rotatable bonds is 4. The zero-order valence-electron chi connectivity index (χ0n) is 11.8. The zero-order valence-corrected chi connectivity index (χ0v) is 12.6. The lowest BCUT2D eigenvalue weighted by Crippen LogP contribution is -2.22. The van der Waals surface area contributed by atoms with E-state index in [1.807, 2.05) is 13.0 Å². The van der Waals surface area contributed by atoms with Crippen LogP contribution in [0.3, 0.4) is 0 Å². The molecule has 5 heteroatoms. The topological polar surface area (TPSA) is 60.2 Å². The van der Waals surface area contributed by atoms with Crippen LogP contribution in [-0.2, 0) is 4.74 Å². The van der Waals surface area contributed by atoms with E-state index in [2.05, 4.69) is 16.4 Å². The second-order valence-corrected chi connectivity index (χ2v) is 6.58. The van der Waals surface area contributed by atoms with Gasteiger partial charge in [0.05, 0.1) is 32.7 Å². The Bertz CT molecular complexity index is 590. The van der Waals surface area contributed by atoms with E-state index in [1.165, 1.54) is 19.3 Å². The maximum atomic E-state index is 6.10. The van der Waals surface area contributed by atoms with Crippen LogP contribution in [0.15, 0.2) is 12.1 Å². The first-order valence-electron chi connectivity index (χ1n) is 7.24. The minimum absolute atomic E-state index is 0.405. The molecule has 0 saturated carbocycles. The van der Waals surface area contributed by atoms with Gasteiger partial charge in [0, 0.05) is 13.2 Å². The number of nitrogen functional groups attached to an aromatic ring is 1. The van der Waals surface area contributed by atoms with Gasteiger partial charge < -0.3 is 15.8 Å². The van der Waals surface area contributed by atoms with E-state index in [1.54, 1.807) is 11.3 Å². The smallest absolute Gasteiger partial charge is 0.0907 e. The molecule has 108 valence electrons. The Kier molecular flexibility index (Phi) is 4.08. The lowest BCUT2D eigenvalue weighted by atomic mass is 10.1. The first-order chi connectivity index (χ1) is 9.72. The number of thiazole rings is 1. The number of benzene rings is 1. The lowest BCUT2D eigenvalue weighted by Gasteiger charge is -2.22. The van der Waals surface area contributed by atoms with Crippen LogP contribution in [0.2, 0.25) is 0 Å². The van der Waals surface area contributed by atoms with Crippen LogP contribution in [0.4, 0.5) is 11.4 Å². The van der Waals surface area contributed by atoms with Crippen molar-refractivity contribution in [1.29, 1.82) is 0 Å². The summed E-state index contributed by atoms with van der Waals surface area (Å²) in [5.41, 5.74) is 8.91. The van der Waals surface area contributed by atoms with Crippen molar-refractivity contribution in [3.63, 3.8) is 0 Å². The van der Waals surface area contributed by atoms with Crippen molar-refractivity contribution in [2.75, 3.05) is 24.2 Å². The summed E-state index contributed by atoms with van der Waals surface area (Å²) >= 11 is 1.68. The molecule has 0 radical (unpaired) electrons. The van der Waals surface area contributed by atoms with E-state index in [0.29, 0.717) is 6.10 Å². The van der Waals surface area contributed by atoms with Crippen LogP contribution < -0.4 is 11.1 Å². The Morgan fingerprint density at radius 2 is 2.35 bits per heavy atom. The molecule has 2 aromatic rings. The molecule has 0 bridgehead atoms. The number of nitrogens with two attached hydrogens (primary N) is 1. The third-order valence-corrected chi connectivity index (χ3v) is 4.66. The van der Waals surface area contributed by atoms with Gasteiger partial charge in [0.15, 0.2) is 0 Å². The SMILES string of the molecule is Cc1nc2cc(NCCC3CCCCO3)c(N)cc2s1. The van der Waals surface area contributed by atoms with E-state index in [4.69, 9.17) is 10.5 Å². The molecule has 3 N–H and O–H groups in total. The largest absolute Gasteiger partial charge is 0.397 e. The maximum absolute atomic E-state index is 6.10. The van der Waals surface area contributed by atoms with Crippen LogP contribution in [0, 0.1) is 6.92 Å². The fourth-order valence-electron chi connectivity index (χ4n) is 2.66. The van der Waals surface area contributed by atoms with Gasteiger partial charge in [-0.15, -0.1) is 11.3 Å². The molecule has 4 nitrogen and oxygen atoms in total. The van der Waals surface area contributed by atoms with Crippen LogP contribution in [0.1, 0.15) is 30.7 Å². The van der Waals surface area contributed by atoms with Gasteiger partial charge >= 0.3 is 0 Å². The quantitative estimate of drug-likeness (QED) is 0.846. The summed E-state index contributed by atoms with van der Waals surface area (Å²) in [7, 11) is 0. The molecule has 3 rings (SSSR count). The Hall–Kier alpha value is -1.33. The van der Waals surface area contributed by atoms with Crippen molar-refractivity contribution in [1.82, 2.24) is 4.98 Å². The molecule has 1 saturated heterocycles. The minimum atomic E-state index is 0.405. The molecule has 1 aromatic carbocycles. The molecule has 0 spiro atoms. The summed E-state index contributed by atoms with van der Waals surface area (Å²) in [5.74, 6) is 0. The number of fused-ring (bicyclic) bond motifs is 1. The second-order valence-electron chi connectivity index (χ2n) is 5.34. The van der Waals surface area contributed by atoms with Crippen molar-refractivity contribution in [3.05, 3.63) is 17.1 Å². The molecule has 0 amide bonds. The van der Waals surface area contributed by atoms with Gasteiger partial charge in [-0.2, -0.15) is 0 Å². The highest BCUT2D eigenvalue weighted by Gasteiger charge is 2.13. The summed E-state index contributed by atoms with van der Waals surface area (Å²) in [6.45, 7) is 3.83. The molecule has 1 fully saturated rings. The summed E-state index contributed by atoms with van der Waals surface area (Å²) in [6, 6.07) is 4.06. The van der Waals surface area contributed by atoms with Crippen molar-refractivity contribution >= 4 is 32.9 Å². The maximum Gasteiger partial charge on any atom is 0.0907 e. The molecule has 1 unspecified atom stereocenters. The first-order valence-corrected chi connectivity index (χ1v) is 8.06. The first kappa shape index (κ1) is 13.6. The summed E-state index contributed by atoms with van der Waals surface area (Å²) in [6.07, 6.45) is 5.12. The Morgan fingerprint density at radius 1 is 1.45 bits per heavy atom. The van der Waals surface area contributed by atoms with Crippen LogP contribution in [0.25, 0.3) is 10.2 Å².